The number of aliphatic imine (C=N–C) groups is 1. The molecular formula is C16H27IN4S. The van der Waals surface area contributed by atoms with Crippen molar-refractivity contribution in [2.45, 2.75) is 32.2 Å². The topological polar surface area (TPSA) is 39.7 Å². The van der Waals surface area contributed by atoms with Gasteiger partial charge in [0.05, 0.1) is 0 Å². The van der Waals surface area contributed by atoms with Gasteiger partial charge in [-0.25, -0.2) is 0 Å². The van der Waals surface area contributed by atoms with Gasteiger partial charge in [0, 0.05) is 44.6 Å². The van der Waals surface area contributed by atoms with Gasteiger partial charge in [-0.15, -0.1) is 35.3 Å². The molecule has 1 aliphatic heterocycles. The fourth-order valence-electron chi connectivity index (χ4n) is 2.99. The zero-order chi connectivity index (χ0) is 14.5. The molecule has 2 heterocycles. The molecule has 1 fully saturated rings. The van der Waals surface area contributed by atoms with Crippen LogP contribution in [0.2, 0.25) is 0 Å². The summed E-state index contributed by atoms with van der Waals surface area (Å²) in [6.07, 6.45) is 5.36. The lowest BCUT2D eigenvalue weighted by atomic mass is 9.85. The molecule has 0 radical (unpaired) electrons. The van der Waals surface area contributed by atoms with Gasteiger partial charge in [-0.2, -0.15) is 0 Å². The molecule has 0 spiro atoms. The summed E-state index contributed by atoms with van der Waals surface area (Å²) >= 11 is 1.91. The molecule has 2 aliphatic rings. The van der Waals surface area contributed by atoms with Crippen LogP contribution in [0.15, 0.2) is 16.4 Å². The monoisotopic (exact) mass is 434 g/mol. The van der Waals surface area contributed by atoms with Crippen LogP contribution in [0.3, 0.4) is 0 Å². The van der Waals surface area contributed by atoms with E-state index in [2.05, 4.69) is 32.0 Å². The lowest BCUT2D eigenvalue weighted by molar-refractivity contribution is 0.259. The van der Waals surface area contributed by atoms with E-state index in [1.54, 1.807) is 4.88 Å². The molecule has 6 heteroatoms. The van der Waals surface area contributed by atoms with Crippen molar-refractivity contribution in [3.05, 3.63) is 21.9 Å². The number of thiophene rings is 1. The standard InChI is InChI=1S/C16H26N4S.HI/c1-17-16(19-11-13-3-2-4-13)18-7-9-20-8-5-15-14(12-20)6-10-21-15;/h6,10,13H,2-5,7-9,11-12H2,1H3,(H2,17,18,19);1H. The third kappa shape index (κ3) is 4.83. The van der Waals surface area contributed by atoms with Crippen LogP contribution < -0.4 is 10.6 Å². The Bertz CT molecular complexity index is 484. The molecule has 0 bridgehead atoms. The van der Waals surface area contributed by atoms with Crippen molar-refractivity contribution in [1.29, 1.82) is 0 Å². The molecule has 1 aromatic rings. The van der Waals surface area contributed by atoms with E-state index in [4.69, 9.17) is 0 Å². The molecule has 2 N–H and O–H groups in total. The molecule has 0 saturated heterocycles. The largest absolute Gasteiger partial charge is 0.356 e. The Morgan fingerprint density at radius 1 is 1.41 bits per heavy atom. The predicted molar refractivity (Wildman–Crippen MR) is 105 cm³/mol. The van der Waals surface area contributed by atoms with Crippen LogP contribution >= 0.6 is 35.3 Å². The van der Waals surface area contributed by atoms with Crippen molar-refractivity contribution < 1.29 is 0 Å². The summed E-state index contributed by atoms with van der Waals surface area (Å²) in [5.74, 6) is 1.82. The summed E-state index contributed by atoms with van der Waals surface area (Å²) in [5.41, 5.74) is 1.53. The van der Waals surface area contributed by atoms with Gasteiger partial charge in [0.1, 0.15) is 0 Å². The normalized spacial score (nSPS) is 19.0. The maximum atomic E-state index is 4.31. The first-order valence-electron chi connectivity index (χ1n) is 8.07. The summed E-state index contributed by atoms with van der Waals surface area (Å²) < 4.78 is 0. The highest BCUT2D eigenvalue weighted by Crippen LogP contribution is 2.25. The van der Waals surface area contributed by atoms with E-state index < -0.39 is 0 Å². The van der Waals surface area contributed by atoms with E-state index in [1.165, 1.54) is 37.8 Å². The first-order valence-corrected chi connectivity index (χ1v) is 8.95. The fourth-order valence-corrected chi connectivity index (χ4v) is 3.88. The van der Waals surface area contributed by atoms with Crippen molar-refractivity contribution in [3.63, 3.8) is 0 Å². The number of hydrogen-bond acceptors (Lipinski definition) is 3. The second kappa shape index (κ2) is 9.08. The quantitative estimate of drug-likeness (QED) is 0.426. The average molecular weight is 434 g/mol. The Morgan fingerprint density at radius 2 is 2.27 bits per heavy atom. The minimum absolute atomic E-state index is 0. The lowest BCUT2D eigenvalue weighted by Gasteiger charge is -2.28. The number of fused-ring (bicyclic) bond motifs is 1. The number of nitrogens with one attached hydrogen (secondary N) is 2. The van der Waals surface area contributed by atoms with Gasteiger partial charge in [0.2, 0.25) is 0 Å². The number of guanidine groups is 1. The molecule has 4 nitrogen and oxygen atoms in total. The van der Waals surface area contributed by atoms with E-state index >= 15 is 0 Å². The summed E-state index contributed by atoms with van der Waals surface area (Å²) in [7, 11) is 1.86. The molecule has 124 valence electrons. The summed E-state index contributed by atoms with van der Waals surface area (Å²) in [6, 6.07) is 2.28. The van der Waals surface area contributed by atoms with Gasteiger partial charge in [-0.05, 0) is 42.2 Å². The molecule has 1 aliphatic carbocycles. The molecule has 0 amide bonds. The minimum Gasteiger partial charge on any atom is -0.356 e. The second-order valence-electron chi connectivity index (χ2n) is 6.07. The van der Waals surface area contributed by atoms with Gasteiger partial charge in [0.15, 0.2) is 5.96 Å². The number of rotatable bonds is 5. The first-order chi connectivity index (χ1) is 10.3. The Hall–Kier alpha value is -0.340. The molecule has 1 aromatic heterocycles. The smallest absolute Gasteiger partial charge is 0.191 e. The molecule has 1 saturated carbocycles. The zero-order valence-corrected chi connectivity index (χ0v) is 16.5. The Balaban J connectivity index is 0.00000176. The van der Waals surface area contributed by atoms with Gasteiger partial charge < -0.3 is 10.6 Å². The first kappa shape index (κ1) is 18.0. The summed E-state index contributed by atoms with van der Waals surface area (Å²) in [4.78, 5) is 8.42. The molecule has 0 aromatic carbocycles. The Kier molecular flexibility index (Phi) is 7.43. The molecule has 3 rings (SSSR count). The van der Waals surface area contributed by atoms with Crippen LogP contribution in [-0.2, 0) is 13.0 Å². The highest BCUT2D eigenvalue weighted by atomic mass is 127. The molecule has 22 heavy (non-hydrogen) atoms. The minimum atomic E-state index is 0. The number of halogens is 1. The van der Waals surface area contributed by atoms with Gasteiger partial charge in [-0.1, -0.05) is 6.42 Å². The van der Waals surface area contributed by atoms with Crippen molar-refractivity contribution >= 4 is 41.3 Å². The van der Waals surface area contributed by atoms with Crippen LogP contribution in [0, 0.1) is 5.92 Å². The van der Waals surface area contributed by atoms with Crippen molar-refractivity contribution in [2.24, 2.45) is 10.9 Å². The SMILES string of the molecule is CN=C(NCCN1CCc2sccc2C1)NCC1CCC1.I. The van der Waals surface area contributed by atoms with Crippen molar-refractivity contribution in [3.8, 4) is 0 Å². The average Bonchev–Trinajstić information content (AvgIpc) is 2.91. The van der Waals surface area contributed by atoms with Crippen LogP contribution in [-0.4, -0.2) is 44.1 Å². The van der Waals surface area contributed by atoms with Gasteiger partial charge >= 0.3 is 0 Å². The van der Waals surface area contributed by atoms with Crippen LogP contribution in [0.5, 0.6) is 0 Å². The van der Waals surface area contributed by atoms with Crippen molar-refractivity contribution in [1.82, 2.24) is 15.5 Å². The van der Waals surface area contributed by atoms with Crippen LogP contribution in [0.25, 0.3) is 0 Å². The fraction of sp³-hybridized carbons (Fsp3) is 0.688. The maximum absolute atomic E-state index is 4.31. The third-order valence-electron chi connectivity index (χ3n) is 4.61. The highest BCUT2D eigenvalue weighted by Gasteiger charge is 2.18. The Labute approximate surface area is 154 Å². The maximum Gasteiger partial charge on any atom is 0.191 e. The highest BCUT2D eigenvalue weighted by molar-refractivity contribution is 14.0. The van der Waals surface area contributed by atoms with Crippen LogP contribution in [0.4, 0.5) is 0 Å². The Morgan fingerprint density at radius 3 is 3.00 bits per heavy atom. The summed E-state index contributed by atoms with van der Waals surface area (Å²) in [5, 5.41) is 9.10. The van der Waals surface area contributed by atoms with E-state index in [1.807, 2.05) is 18.4 Å². The number of hydrogen-bond donors (Lipinski definition) is 2. The third-order valence-corrected chi connectivity index (χ3v) is 5.64. The molecule has 0 atom stereocenters. The van der Waals surface area contributed by atoms with E-state index in [0.717, 1.165) is 38.1 Å². The van der Waals surface area contributed by atoms with Gasteiger partial charge in [0.25, 0.3) is 0 Å². The summed E-state index contributed by atoms with van der Waals surface area (Å²) in [6.45, 7) is 5.41. The number of nitrogens with zero attached hydrogens (tertiary/aromatic N) is 2. The van der Waals surface area contributed by atoms with E-state index in [9.17, 15) is 0 Å². The van der Waals surface area contributed by atoms with E-state index in [0.29, 0.717) is 0 Å². The van der Waals surface area contributed by atoms with Crippen molar-refractivity contribution in [2.75, 3.05) is 33.2 Å². The second-order valence-corrected chi connectivity index (χ2v) is 7.07. The van der Waals surface area contributed by atoms with Crippen LogP contribution in [0.1, 0.15) is 29.7 Å². The molecule has 0 unspecified atom stereocenters. The predicted octanol–water partition coefficient (Wildman–Crippen LogP) is 2.69. The van der Waals surface area contributed by atoms with Gasteiger partial charge in [-0.3, -0.25) is 9.89 Å². The zero-order valence-electron chi connectivity index (χ0n) is 13.3. The van der Waals surface area contributed by atoms with E-state index in [-0.39, 0.29) is 24.0 Å². The molecular weight excluding hydrogens is 407 g/mol. The lowest BCUT2D eigenvalue weighted by Crippen LogP contribution is -2.44.